The number of alkyl halides is 4. The molecule has 0 N–H and O–H groups in total. The van der Waals surface area contributed by atoms with Crippen molar-refractivity contribution in [3.63, 3.8) is 0 Å². The molecule has 0 bridgehead atoms. The summed E-state index contributed by atoms with van der Waals surface area (Å²) in [6.07, 6.45) is -4.06. The standard InChI is InChI=1S/C9H6BrF3O2/c10-8(5-14)6-1-3-7(4-2-6)15-9(11,12)13/h1-5,8H/t8-/m1/s1. The van der Waals surface area contributed by atoms with Crippen molar-refractivity contribution in [2.24, 2.45) is 0 Å². The fourth-order valence-corrected chi connectivity index (χ4v) is 1.24. The molecular formula is C9H6BrF3O2. The van der Waals surface area contributed by atoms with Gasteiger partial charge in [0, 0.05) is 0 Å². The highest BCUT2D eigenvalue weighted by Crippen LogP contribution is 2.26. The van der Waals surface area contributed by atoms with Gasteiger partial charge in [0.2, 0.25) is 0 Å². The van der Waals surface area contributed by atoms with E-state index in [1.54, 1.807) is 0 Å². The Kier molecular flexibility index (Phi) is 3.73. The molecular weight excluding hydrogens is 277 g/mol. The van der Waals surface area contributed by atoms with E-state index >= 15 is 0 Å². The molecule has 0 saturated carbocycles. The van der Waals surface area contributed by atoms with Crippen molar-refractivity contribution < 1.29 is 22.7 Å². The molecule has 0 aliphatic heterocycles. The minimum absolute atomic E-state index is 0.308. The van der Waals surface area contributed by atoms with Crippen LogP contribution in [0, 0.1) is 0 Å². The summed E-state index contributed by atoms with van der Waals surface area (Å²) < 4.78 is 39.0. The van der Waals surface area contributed by atoms with E-state index in [1.165, 1.54) is 12.1 Å². The number of aldehydes is 1. The molecule has 15 heavy (non-hydrogen) atoms. The van der Waals surface area contributed by atoms with Crippen molar-refractivity contribution in [1.82, 2.24) is 0 Å². The van der Waals surface area contributed by atoms with Gasteiger partial charge in [0.25, 0.3) is 0 Å². The van der Waals surface area contributed by atoms with E-state index in [0.29, 0.717) is 11.8 Å². The second kappa shape index (κ2) is 4.65. The van der Waals surface area contributed by atoms with Crippen LogP contribution in [0.4, 0.5) is 13.2 Å². The average Bonchev–Trinajstić information content (AvgIpc) is 2.15. The molecule has 0 unspecified atom stereocenters. The van der Waals surface area contributed by atoms with Crippen LogP contribution >= 0.6 is 15.9 Å². The molecule has 1 rings (SSSR count). The van der Waals surface area contributed by atoms with Gasteiger partial charge in [-0.2, -0.15) is 0 Å². The lowest BCUT2D eigenvalue weighted by Gasteiger charge is -2.09. The van der Waals surface area contributed by atoms with Crippen molar-refractivity contribution >= 4 is 22.2 Å². The summed E-state index contributed by atoms with van der Waals surface area (Å²) in [4.78, 5) is 9.84. The molecule has 0 saturated heterocycles. The first-order valence-electron chi connectivity index (χ1n) is 3.87. The van der Waals surface area contributed by atoms with Gasteiger partial charge < -0.3 is 9.53 Å². The number of halogens is 4. The van der Waals surface area contributed by atoms with Gasteiger partial charge in [-0.3, -0.25) is 0 Å². The van der Waals surface area contributed by atoms with Crippen LogP contribution < -0.4 is 4.74 Å². The maximum atomic E-state index is 11.8. The Labute approximate surface area is 92.2 Å². The predicted octanol–water partition coefficient (Wildman–Crippen LogP) is 3.22. The second-order valence-corrected chi connectivity index (χ2v) is 3.64. The predicted molar refractivity (Wildman–Crippen MR) is 50.9 cm³/mol. The van der Waals surface area contributed by atoms with Gasteiger partial charge in [-0.15, -0.1) is 13.2 Å². The number of benzene rings is 1. The third kappa shape index (κ3) is 3.91. The molecule has 0 radical (unpaired) electrons. The fourth-order valence-electron chi connectivity index (χ4n) is 0.932. The summed E-state index contributed by atoms with van der Waals surface area (Å²) in [5, 5.41) is 0. The van der Waals surface area contributed by atoms with Crippen LogP contribution in [0.1, 0.15) is 10.4 Å². The van der Waals surface area contributed by atoms with Crippen LogP contribution in [-0.4, -0.2) is 12.6 Å². The van der Waals surface area contributed by atoms with Gasteiger partial charge in [-0.25, -0.2) is 0 Å². The van der Waals surface area contributed by atoms with Gasteiger partial charge in [-0.1, -0.05) is 28.1 Å². The Morgan fingerprint density at radius 1 is 1.27 bits per heavy atom. The van der Waals surface area contributed by atoms with E-state index in [9.17, 15) is 18.0 Å². The Balaban J connectivity index is 2.77. The molecule has 2 nitrogen and oxygen atoms in total. The molecule has 82 valence electrons. The van der Waals surface area contributed by atoms with Crippen molar-refractivity contribution in [3.8, 4) is 5.75 Å². The topological polar surface area (TPSA) is 26.3 Å². The Bertz CT molecular complexity index is 334. The number of carbonyl (C=O) groups is 1. The van der Waals surface area contributed by atoms with E-state index in [0.717, 1.165) is 12.1 Å². The number of rotatable bonds is 3. The van der Waals surface area contributed by atoms with E-state index in [4.69, 9.17) is 0 Å². The summed E-state index contributed by atoms with van der Waals surface area (Å²) in [6, 6.07) is 5.07. The molecule has 6 heteroatoms. The SMILES string of the molecule is O=C[C@@H](Br)c1ccc(OC(F)(F)F)cc1. The van der Waals surface area contributed by atoms with Crippen LogP contribution in [0.25, 0.3) is 0 Å². The lowest BCUT2D eigenvalue weighted by molar-refractivity contribution is -0.274. The van der Waals surface area contributed by atoms with Gasteiger partial charge in [0.15, 0.2) is 0 Å². The van der Waals surface area contributed by atoms with E-state index in [1.807, 2.05) is 0 Å². The van der Waals surface area contributed by atoms with E-state index in [-0.39, 0.29) is 5.75 Å². The highest BCUT2D eigenvalue weighted by Gasteiger charge is 2.30. The highest BCUT2D eigenvalue weighted by molar-refractivity contribution is 9.09. The maximum absolute atomic E-state index is 11.8. The first-order chi connectivity index (χ1) is 6.92. The molecule has 0 fully saturated rings. The monoisotopic (exact) mass is 282 g/mol. The fraction of sp³-hybridized carbons (Fsp3) is 0.222. The zero-order valence-corrected chi connectivity index (χ0v) is 8.88. The van der Waals surface area contributed by atoms with Crippen LogP contribution in [-0.2, 0) is 4.79 Å². The molecule has 0 amide bonds. The minimum atomic E-state index is -4.69. The quantitative estimate of drug-likeness (QED) is 0.629. The van der Waals surface area contributed by atoms with Crippen LogP contribution in [0.15, 0.2) is 24.3 Å². The van der Waals surface area contributed by atoms with Gasteiger partial charge >= 0.3 is 6.36 Å². The highest BCUT2D eigenvalue weighted by atomic mass is 79.9. The molecule has 0 aromatic heterocycles. The number of hydrogen-bond acceptors (Lipinski definition) is 2. The average molecular weight is 283 g/mol. The maximum Gasteiger partial charge on any atom is 0.573 e. The zero-order valence-electron chi connectivity index (χ0n) is 7.29. The van der Waals surface area contributed by atoms with Gasteiger partial charge in [-0.05, 0) is 17.7 Å². The van der Waals surface area contributed by atoms with E-state index < -0.39 is 11.2 Å². The molecule has 0 heterocycles. The third-order valence-corrected chi connectivity index (χ3v) is 2.30. The number of ether oxygens (including phenoxy) is 1. The minimum Gasteiger partial charge on any atom is -0.406 e. The van der Waals surface area contributed by atoms with E-state index in [2.05, 4.69) is 20.7 Å². The number of carbonyl (C=O) groups excluding carboxylic acids is 1. The Morgan fingerprint density at radius 2 is 1.80 bits per heavy atom. The largest absolute Gasteiger partial charge is 0.573 e. The number of hydrogen-bond donors (Lipinski definition) is 0. The summed E-state index contributed by atoms with van der Waals surface area (Å²) in [7, 11) is 0. The first-order valence-corrected chi connectivity index (χ1v) is 4.79. The third-order valence-electron chi connectivity index (χ3n) is 1.55. The van der Waals surface area contributed by atoms with Crippen LogP contribution in [0.5, 0.6) is 5.75 Å². The molecule has 0 aliphatic rings. The molecule has 1 atom stereocenters. The Hall–Kier alpha value is -1.04. The lowest BCUT2D eigenvalue weighted by Crippen LogP contribution is -2.17. The molecule has 0 aliphatic carbocycles. The van der Waals surface area contributed by atoms with Gasteiger partial charge in [0.1, 0.15) is 12.0 Å². The lowest BCUT2D eigenvalue weighted by atomic mass is 10.2. The van der Waals surface area contributed by atoms with Gasteiger partial charge in [0.05, 0.1) is 4.83 Å². The van der Waals surface area contributed by atoms with Crippen LogP contribution in [0.2, 0.25) is 0 Å². The summed E-state index contributed by atoms with van der Waals surface area (Å²) >= 11 is 3.04. The molecule has 1 aromatic carbocycles. The zero-order chi connectivity index (χ0) is 11.5. The van der Waals surface area contributed by atoms with Crippen molar-refractivity contribution in [3.05, 3.63) is 29.8 Å². The van der Waals surface area contributed by atoms with Crippen molar-refractivity contribution in [2.75, 3.05) is 0 Å². The molecule has 0 spiro atoms. The normalized spacial score (nSPS) is 13.3. The van der Waals surface area contributed by atoms with Crippen molar-refractivity contribution in [2.45, 2.75) is 11.2 Å². The molecule has 1 aromatic rings. The summed E-state index contributed by atoms with van der Waals surface area (Å²) in [5.41, 5.74) is 0.569. The first kappa shape index (κ1) is 12.0. The van der Waals surface area contributed by atoms with Crippen molar-refractivity contribution in [1.29, 1.82) is 0 Å². The Morgan fingerprint density at radius 3 is 2.20 bits per heavy atom. The summed E-state index contributed by atoms with van der Waals surface area (Å²) in [6.45, 7) is 0. The van der Waals surface area contributed by atoms with Crippen LogP contribution in [0.3, 0.4) is 0 Å². The second-order valence-electron chi connectivity index (χ2n) is 2.65. The summed E-state index contributed by atoms with van der Waals surface area (Å²) in [5.74, 6) is -0.308. The smallest absolute Gasteiger partial charge is 0.406 e.